The molecule has 0 N–H and O–H groups in total. The normalized spacial score (nSPS) is 21.0. The summed E-state index contributed by atoms with van der Waals surface area (Å²) in [5, 5.41) is 30.5. The summed E-state index contributed by atoms with van der Waals surface area (Å²) in [6, 6.07) is 25.2. The molecule has 0 bridgehead atoms. The fraction of sp³-hybridized carbons (Fsp3) is 0.300. The van der Waals surface area contributed by atoms with E-state index in [4.69, 9.17) is 0 Å². The first-order valence-electron chi connectivity index (χ1n) is 15.9. The van der Waals surface area contributed by atoms with E-state index in [-0.39, 0.29) is 12.0 Å². The smallest absolute Gasteiger partial charge is 0.266 e. The second kappa shape index (κ2) is 9.83. The lowest BCUT2D eigenvalue weighted by molar-refractivity contribution is -0.550. The number of allylic oxidation sites excluding steroid dienone is 4. The van der Waals surface area contributed by atoms with Crippen LogP contribution in [0.4, 0.5) is 5.69 Å². The Labute approximate surface area is 271 Å². The molecule has 2 heterocycles. The highest BCUT2D eigenvalue weighted by atomic mass is 16.3. The first kappa shape index (κ1) is 29.8. The van der Waals surface area contributed by atoms with E-state index in [1.165, 1.54) is 16.3 Å². The van der Waals surface area contributed by atoms with Crippen LogP contribution >= 0.6 is 0 Å². The Morgan fingerprint density at radius 1 is 0.674 bits per heavy atom. The molecule has 0 aromatic heterocycles. The van der Waals surface area contributed by atoms with Gasteiger partial charge >= 0.3 is 0 Å². The van der Waals surface area contributed by atoms with Gasteiger partial charge < -0.3 is 15.1 Å². The molecule has 46 heavy (non-hydrogen) atoms. The lowest BCUT2D eigenvalue weighted by Crippen LogP contribution is -2.55. The highest BCUT2D eigenvalue weighted by Crippen LogP contribution is 2.41. The average molecular weight is 609 g/mol. The zero-order valence-corrected chi connectivity index (χ0v) is 27.8. The molecule has 232 valence electrons. The fourth-order valence-electron chi connectivity index (χ4n) is 6.89. The van der Waals surface area contributed by atoms with E-state index in [0.717, 1.165) is 39.2 Å². The van der Waals surface area contributed by atoms with Gasteiger partial charge in [0.1, 0.15) is 0 Å². The predicted molar refractivity (Wildman–Crippen MR) is 186 cm³/mol. The zero-order valence-electron chi connectivity index (χ0n) is 27.8. The van der Waals surface area contributed by atoms with Crippen molar-refractivity contribution in [1.82, 2.24) is 0 Å². The second-order valence-electron chi connectivity index (χ2n) is 14.7. The van der Waals surface area contributed by atoms with Crippen LogP contribution in [0.15, 0.2) is 107 Å². The summed E-state index contributed by atoms with van der Waals surface area (Å²) in [4.78, 5) is 10.6. The van der Waals surface area contributed by atoms with Crippen molar-refractivity contribution in [3.8, 4) is 11.1 Å². The Morgan fingerprint density at radius 2 is 1.30 bits per heavy atom. The van der Waals surface area contributed by atoms with E-state index in [2.05, 4.69) is 110 Å². The molecule has 2 aliphatic heterocycles. The van der Waals surface area contributed by atoms with E-state index in [1.807, 2.05) is 56.6 Å². The molecule has 7 rings (SSSR count). The molecule has 4 aromatic carbocycles. The third kappa shape index (κ3) is 4.30. The Bertz CT molecular complexity index is 2060. The van der Waals surface area contributed by atoms with E-state index >= 15 is 0 Å². The van der Waals surface area contributed by atoms with Crippen LogP contribution in [0.3, 0.4) is 0 Å². The van der Waals surface area contributed by atoms with Crippen molar-refractivity contribution in [1.29, 1.82) is 0 Å². The van der Waals surface area contributed by atoms with Gasteiger partial charge in [-0.25, -0.2) is 4.58 Å². The van der Waals surface area contributed by atoms with Crippen LogP contribution in [0.1, 0.15) is 61.0 Å². The SMILES string of the molecule is CC1(C)N=C([O-])N(c2ccc(-c3ccc4c([C+]5C=CC(=[N+]6C([O-])=NC(C)(C)C6(C)C)C=C5)c5ccccc5cc4c3)cc2)C1(C)C. The van der Waals surface area contributed by atoms with E-state index < -0.39 is 22.2 Å². The quantitative estimate of drug-likeness (QED) is 0.151. The molecule has 4 aromatic rings. The average Bonchev–Trinajstić information content (AvgIpc) is 3.27. The van der Waals surface area contributed by atoms with Crippen molar-refractivity contribution in [3.05, 3.63) is 109 Å². The van der Waals surface area contributed by atoms with Crippen molar-refractivity contribution in [3.63, 3.8) is 0 Å². The first-order chi connectivity index (χ1) is 21.6. The minimum atomic E-state index is -0.485. The van der Waals surface area contributed by atoms with Gasteiger partial charge in [-0.2, -0.15) is 0 Å². The zero-order chi connectivity index (χ0) is 32.8. The summed E-state index contributed by atoms with van der Waals surface area (Å²) in [5.74, 6) is 1.09. The van der Waals surface area contributed by atoms with Crippen LogP contribution in [0, 0.1) is 5.92 Å². The summed E-state index contributed by atoms with van der Waals surface area (Å²) < 4.78 is 1.81. The van der Waals surface area contributed by atoms with Crippen molar-refractivity contribution >= 4 is 45.0 Å². The lowest BCUT2D eigenvalue weighted by Gasteiger charge is -2.42. The fourth-order valence-corrected chi connectivity index (χ4v) is 6.89. The Hall–Kier alpha value is -4.84. The van der Waals surface area contributed by atoms with E-state index in [0.29, 0.717) is 0 Å². The number of amidine groups is 2. The Morgan fingerprint density at radius 3 is 1.91 bits per heavy atom. The molecule has 0 amide bonds. The Balaban J connectivity index is 1.27. The minimum absolute atomic E-state index is 0.199. The highest BCUT2D eigenvalue weighted by molar-refractivity contribution is 6.09. The number of benzene rings is 4. The summed E-state index contributed by atoms with van der Waals surface area (Å²) in [6.45, 7) is 16.3. The van der Waals surface area contributed by atoms with Crippen LogP contribution in [-0.4, -0.2) is 44.5 Å². The molecule has 1 aliphatic carbocycles. The molecular weight excluding hydrogens is 568 g/mol. The van der Waals surface area contributed by atoms with Gasteiger partial charge in [0.2, 0.25) is 0 Å². The summed E-state index contributed by atoms with van der Waals surface area (Å²) >= 11 is 0. The van der Waals surface area contributed by atoms with Crippen LogP contribution in [-0.2, 0) is 0 Å². The molecule has 0 unspecified atom stereocenters. The van der Waals surface area contributed by atoms with E-state index in [9.17, 15) is 10.2 Å². The molecule has 6 heteroatoms. The van der Waals surface area contributed by atoms with Gasteiger partial charge in [-0.3, -0.25) is 4.99 Å². The maximum atomic E-state index is 13.0. The monoisotopic (exact) mass is 608 g/mol. The first-order valence-corrected chi connectivity index (χ1v) is 15.9. The van der Waals surface area contributed by atoms with Gasteiger partial charge in [-0.1, -0.05) is 29.3 Å². The van der Waals surface area contributed by atoms with Gasteiger partial charge in [0.15, 0.2) is 16.8 Å². The molecule has 0 spiro atoms. The summed E-state index contributed by atoms with van der Waals surface area (Å²) in [6.07, 6.45) is 8.31. The summed E-state index contributed by atoms with van der Waals surface area (Å²) in [7, 11) is 0. The number of anilines is 1. The highest BCUT2D eigenvalue weighted by Gasteiger charge is 2.54. The minimum Gasteiger partial charge on any atom is -0.846 e. The molecule has 0 saturated carbocycles. The van der Waals surface area contributed by atoms with Crippen molar-refractivity contribution in [2.45, 2.75) is 77.5 Å². The molecule has 0 radical (unpaired) electrons. The number of hydrogen-bond acceptors (Lipinski definition) is 5. The van der Waals surface area contributed by atoms with Gasteiger partial charge in [-0.15, -0.1) is 0 Å². The molecule has 3 aliphatic rings. The molecule has 0 atom stereocenters. The predicted octanol–water partition coefficient (Wildman–Crippen LogP) is 6.54. The summed E-state index contributed by atoms with van der Waals surface area (Å²) in [5.41, 5.74) is 3.21. The van der Waals surface area contributed by atoms with Crippen LogP contribution in [0.2, 0.25) is 0 Å². The third-order valence-corrected chi connectivity index (χ3v) is 11.0. The topological polar surface area (TPSA) is 77.1 Å². The van der Waals surface area contributed by atoms with Crippen molar-refractivity contribution in [2.24, 2.45) is 9.98 Å². The Kier molecular flexibility index (Phi) is 6.38. The largest absolute Gasteiger partial charge is 0.846 e. The molecule has 0 fully saturated rings. The molecular formula is C40H40N4O2. The number of rotatable bonds is 3. The third-order valence-electron chi connectivity index (χ3n) is 11.0. The van der Waals surface area contributed by atoms with Gasteiger partial charge in [-0.05, 0) is 115 Å². The number of nitrogens with zero attached hydrogens (tertiary/aromatic N) is 4. The molecule has 0 saturated heterocycles. The van der Waals surface area contributed by atoms with Gasteiger partial charge in [0.25, 0.3) is 6.02 Å². The van der Waals surface area contributed by atoms with Crippen molar-refractivity contribution in [2.75, 3.05) is 4.90 Å². The van der Waals surface area contributed by atoms with Crippen LogP contribution in [0.5, 0.6) is 0 Å². The standard InChI is InChI=1S/C40H40N4O2/c1-37(2)39(5,6)43(35(45)41-37)30-18-13-25(14-19-30)27-17-22-33-29(23-27)24-28-11-9-10-12-32(28)34(33)26-15-20-31(21-16-26)44-36(46)42-38(3,4)40(44,7)8/h9-24H,1-8H3. The van der Waals surface area contributed by atoms with Gasteiger partial charge in [0, 0.05) is 40.8 Å². The lowest BCUT2D eigenvalue weighted by atomic mass is 9.83. The number of hydrogen-bond donors (Lipinski definition) is 0. The maximum absolute atomic E-state index is 13.0. The van der Waals surface area contributed by atoms with E-state index in [1.54, 1.807) is 4.90 Å². The van der Waals surface area contributed by atoms with Crippen LogP contribution in [0.25, 0.3) is 32.7 Å². The van der Waals surface area contributed by atoms with Crippen molar-refractivity contribution < 1.29 is 14.8 Å². The van der Waals surface area contributed by atoms with Crippen LogP contribution < -0.4 is 15.1 Å². The molecule has 6 nitrogen and oxygen atoms in total. The number of fused-ring (bicyclic) bond motifs is 2. The number of aliphatic imine (C=N–C) groups is 2. The second-order valence-corrected chi connectivity index (χ2v) is 14.7. The maximum Gasteiger partial charge on any atom is 0.266 e. The van der Waals surface area contributed by atoms with Gasteiger partial charge in [0.05, 0.1) is 39.4 Å².